The third-order valence-electron chi connectivity index (χ3n) is 0.223. The third kappa shape index (κ3) is 3.80. The van der Waals surface area contributed by atoms with Gasteiger partial charge in [0.05, 0.1) is 17.2 Å². The topological polar surface area (TPSA) is 14.1 Å². The highest BCUT2D eigenvalue weighted by molar-refractivity contribution is 7.78. The third-order valence-corrected chi connectivity index (χ3v) is 0.352. The molecule has 0 bridgehead atoms. The lowest BCUT2D eigenvalue weighted by Gasteiger charge is -1.39. The van der Waals surface area contributed by atoms with Gasteiger partial charge in [0, 0.05) is 6.92 Å². The Morgan fingerprint density at radius 2 is 2.60 bits per heavy atom. The summed E-state index contributed by atoms with van der Waals surface area (Å²) in [6.07, 6.45) is 0. The van der Waals surface area contributed by atoms with Gasteiger partial charge in [0.25, 0.3) is 0 Å². The summed E-state index contributed by atoms with van der Waals surface area (Å²) in [5.41, 5.74) is 0. The van der Waals surface area contributed by atoms with E-state index in [-0.39, 0.29) is 0 Å². The van der Waals surface area contributed by atoms with Gasteiger partial charge < -0.3 is 0 Å². The second-order valence-corrected chi connectivity index (χ2v) is 0.748. The highest BCUT2D eigenvalue weighted by Gasteiger charge is 1.69. The predicted molar refractivity (Wildman–Crippen MR) is 25.3 cm³/mol. The number of isothiocyanates is 1. The molecule has 0 aromatic heterocycles. The summed E-state index contributed by atoms with van der Waals surface area (Å²) in [6, 6.07) is 0. The molecule has 0 spiro atoms. The van der Waals surface area contributed by atoms with Crippen molar-refractivity contribution in [3.05, 3.63) is 0 Å². The number of thiocarbonyl (C=S) groups is 1. The van der Waals surface area contributed by atoms with Crippen LogP contribution in [0.15, 0.2) is 0 Å². The van der Waals surface area contributed by atoms with Crippen LogP contribution in [0.4, 0.5) is 0 Å². The average Bonchev–Trinajstić information content (AvgIpc) is 1.41. The number of aliphatic imine (C=N–C) groups is 1. The zero-order valence-corrected chi connectivity index (χ0v) is 3.88. The predicted octanol–water partition coefficient (Wildman–Crippen LogP) is 0.445. The van der Waals surface area contributed by atoms with Gasteiger partial charge in [-0.05, 0) is 0 Å². The number of rotatable bonds is 1. The molecule has 0 amide bonds. The van der Waals surface area contributed by atoms with Crippen LogP contribution in [0.3, 0.4) is 0 Å². The van der Waals surface area contributed by atoms with E-state index in [2.05, 4.69) is 22.4 Å². The fraction of sp³-hybridized carbons (Fsp3) is 0.667. The number of nitrogens with zero attached hydrogens (tertiary/aromatic N) is 1. The van der Waals surface area contributed by atoms with E-state index in [0.29, 0.717) is 0 Å². The summed E-state index contributed by atoms with van der Waals surface area (Å²) in [5.74, 6) is 0. The number of hydrogen-bond acceptors (Lipinski definition) is 2. The van der Waals surface area contributed by atoms with E-state index in [9.17, 15) is 0 Å². The molecule has 0 unspecified atom stereocenters. The highest BCUT2D eigenvalue weighted by atomic mass is 32.1. The van der Waals surface area contributed by atoms with Crippen molar-refractivity contribution in [2.24, 2.45) is 0 Å². The van der Waals surface area contributed by atoms with Crippen LogP contribution in [0.25, 0.3) is 0 Å². The second-order valence-electron chi connectivity index (χ2n) is 0.566. The van der Waals surface area contributed by atoms with Crippen LogP contribution in [-0.2, 0) is 0 Å². The minimum Gasteiger partial charge on any atom is 0.00244 e. The molecule has 0 atom stereocenters. The monoisotopic (exact) mass is 87.0 g/mol. The molecular weight excluding hydrogens is 82.1 g/mol. The molecule has 1 nitrogen and oxygen atoms in total. The van der Waals surface area contributed by atoms with Crippen molar-refractivity contribution in [2.45, 2.75) is 6.92 Å². The minimum absolute atomic E-state index is 0.753. The van der Waals surface area contributed by atoms with E-state index < -0.39 is 0 Å². The van der Waals surface area contributed by atoms with Crippen LogP contribution in [0.2, 0.25) is 0 Å². The number of hydrogen-bond donors (Lipinski definition) is 0. The van der Waals surface area contributed by atoms with E-state index >= 15 is 0 Å². The van der Waals surface area contributed by atoms with Crippen molar-refractivity contribution in [1.82, 2.24) is 4.99 Å². The van der Waals surface area contributed by atoms with Crippen LogP contribution in [0, 0.1) is 0 Å². The molecule has 2 heteroatoms. The highest BCUT2D eigenvalue weighted by Crippen LogP contribution is 1.37. The van der Waals surface area contributed by atoms with E-state index in [1.807, 2.05) is 6.92 Å². The van der Waals surface area contributed by atoms with Crippen molar-refractivity contribution in [1.29, 1.82) is 0 Å². The molecule has 0 aromatic carbocycles. The van der Waals surface area contributed by atoms with Crippen molar-refractivity contribution in [3.8, 4) is 0 Å². The first-order chi connectivity index (χ1) is 2.41. The smallest absolute Gasteiger partial charge is 0.00244 e. The minimum atomic E-state index is 0.753. The molecular formula is C3H5NS+. The van der Waals surface area contributed by atoms with E-state index in [1.165, 1.54) is 0 Å². The van der Waals surface area contributed by atoms with Crippen LogP contribution in [0.1, 0.15) is 6.92 Å². The van der Waals surface area contributed by atoms with E-state index in [4.69, 9.17) is 0 Å². The lowest BCUT2D eigenvalue weighted by molar-refractivity contribution is 1.04. The Balaban J connectivity index is 2.93. The summed E-state index contributed by atoms with van der Waals surface area (Å²) in [7, 11) is 0. The zero-order valence-electron chi connectivity index (χ0n) is 3.06. The Kier molecular flexibility index (Phi) is 3.65. The van der Waals surface area contributed by atoms with Gasteiger partial charge in [-0.3, -0.25) is 0 Å². The fourth-order valence-corrected chi connectivity index (χ4v) is 0.194. The normalized spacial score (nSPS) is 5.80. The summed E-state index contributed by atoms with van der Waals surface area (Å²) < 4.78 is 0. The molecule has 0 aliphatic carbocycles. The molecule has 0 saturated heterocycles. The van der Waals surface area contributed by atoms with Gasteiger partial charge in [0.15, 0.2) is 0 Å². The Labute approximate surface area is 36.7 Å². The molecule has 0 rings (SSSR count). The molecule has 0 N–H and O–H groups in total. The Hall–Kier alpha value is -0.200. The van der Waals surface area contributed by atoms with Crippen molar-refractivity contribution in [3.63, 3.8) is 0 Å². The SMILES string of the molecule is CC[N+]=C=S. The Morgan fingerprint density at radius 1 is 2.00 bits per heavy atom. The van der Waals surface area contributed by atoms with Crippen molar-refractivity contribution in [2.75, 3.05) is 6.54 Å². The molecule has 0 fully saturated rings. The molecule has 0 heterocycles. The maximum Gasteiger partial charge on any atom is 0.323 e. The molecule has 5 heavy (non-hydrogen) atoms. The first-order valence-corrected chi connectivity index (χ1v) is 1.86. The first-order valence-electron chi connectivity index (χ1n) is 1.45. The van der Waals surface area contributed by atoms with Gasteiger partial charge in [-0.15, -0.1) is 0 Å². The van der Waals surface area contributed by atoms with Crippen molar-refractivity contribution < 1.29 is 0 Å². The summed E-state index contributed by atoms with van der Waals surface area (Å²) in [5, 5.41) is 2.23. The summed E-state index contributed by atoms with van der Waals surface area (Å²) in [4.78, 5) is 3.54. The van der Waals surface area contributed by atoms with Gasteiger partial charge in [-0.1, -0.05) is 0 Å². The van der Waals surface area contributed by atoms with Gasteiger partial charge in [0.1, 0.15) is 0 Å². The lowest BCUT2D eigenvalue weighted by Crippen LogP contribution is -1.79. The lowest BCUT2D eigenvalue weighted by atomic mass is 10.8. The molecule has 0 aliphatic rings. The largest absolute Gasteiger partial charge is 0.323 e. The van der Waals surface area contributed by atoms with E-state index in [1.54, 1.807) is 0 Å². The average molecular weight is 87.1 g/mol. The quantitative estimate of drug-likeness (QED) is 0.334. The van der Waals surface area contributed by atoms with Gasteiger partial charge in [-0.2, -0.15) is 0 Å². The van der Waals surface area contributed by atoms with Gasteiger partial charge in [-0.25, -0.2) is 0 Å². The Morgan fingerprint density at radius 3 is 2.60 bits per heavy atom. The van der Waals surface area contributed by atoms with Crippen LogP contribution in [-0.4, -0.2) is 11.7 Å². The fourth-order valence-electron chi connectivity index (χ4n) is 0.0645. The van der Waals surface area contributed by atoms with Crippen LogP contribution >= 0.6 is 12.2 Å². The van der Waals surface area contributed by atoms with Gasteiger partial charge >= 0.3 is 5.16 Å². The molecule has 0 saturated carbocycles. The summed E-state index contributed by atoms with van der Waals surface area (Å²) in [6.45, 7) is 2.67. The summed E-state index contributed by atoms with van der Waals surface area (Å²) >= 11 is 4.23. The van der Waals surface area contributed by atoms with E-state index in [0.717, 1.165) is 6.54 Å². The maximum absolute atomic E-state index is 4.23. The maximum atomic E-state index is 4.23. The molecule has 0 aromatic rings. The standard InChI is InChI=1S/C3H5NS/c1-2-4-3-5/h2H2,1H3/q+1. The van der Waals surface area contributed by atoms with Gasteiger partial charge in [0.2, 0.25) is 6.54 Å². The van der Waals surface area contributed by atoms with Crippen LogP contribution in [0.5, 0.6) is 0 Å². The van der Waals surface area contributed by atoms with Crippen LogP contribution < -0.4 is 4.99 Å². The zero-order chi connectivity index (χ0) is 4.12. The second kappa shape index (κ2) is 3.80. The first kappa shape index (κ1) is 4.80. The molecule has 1 radical (unpaired) electrons. The molecule has 27 valence electrons. The Bertz CT molecular complexity index is 53.9. The molecule has 0 aliphatic heterocycles. The van der Waals surface area contributed by atoms with Crippen molar-refractivity contribution >= 4 is 17.4 Å².